The first-order valence-corrected chi connectivity index (χ1v) is 7.51. The third kappa shape index (κ3) is 5.59. The predicted octanol–water partition coefficient (Wildman–Crippen LogP) is 5.24. The molecule has 0 heterocycles. The molecule has 1 nitrogen and oxygen atoms in total. The van der Waals surface area contributed by atoms with Crippen molar-refractivity contribution in [2.24, 2.45) is 11.8 Å². The summed E-state index contributed by atoms with van der Waals surface area (Å²) in [4.78, 5) is 10.9. The van der Waals surface area contributed by atoms with Crippen LogP contribution in [-0.4, -0.2) is 5.78 Å². The molecular formula is C18H28O. The van der Waals surface area contributed by atoms with Gasteiger partial charge in [0.2, 0.25) is 0 Å². The van der Waals surface area contributed by atoms with Gasteiger partial charge in [0.1, 0.15) is 0 Å². The van der Waals surface area contributed by atoms with Crippen molar-refractivity contribution < 1.29 is 4.79 Å². The van der Waals surface area contributed by atoms with E-state index < -0.39 is 0 Å². The minimum absolute atomic E-state index is 0.315. The lowest BCUT2D eigenvalue weighted by Crippen LogP contribution is -2.06. The van der Waals surface area contributed by atoms with Crippen molar-refractivity contribution in [1.82, 2.24) is 0 Å². The van der Waals surface area contributed by atoms with Gasteiger partial charge in [-0.2, -0.15) is 0 Å². The summed E-state index contributed by atoms with van der Waals surface area (Å²) in [6, 6.07) is 0. The standard InChI is InChI=1S/C9H14O.C9H14/c1-7(2)8-4-3-5-9(10)6-8;1-7(2)9-5-4-8(3)6-9/h6-7H,3-5H2,1-2H3;6-7H,3-5H2,1-2H3. The number of carbonyl (C=O) groups excluding carboxylic acids is 1. The normalized spacial score (nSPS) is 19.3. The molecule has 0 N–H and O–H groups in total. The van der Waals surface area contributed by atoms with Crippen LogP contribution in [-0.2, 0) is 4.79 Å². The van der Waals surface area contributed by atoms with Crippen LogP contribution in [0.4, 0.5) is 0 Å². The highest BCUT2D eigenvalue weighted by molar-refractivity contribution is 5.91. The highest BCUT2D eigenvalue weighted by atomic mass is 16.1. The number of carbonyl (C=O) groups is 1. The van der Waals surface area contributed by atoms with E-state index in [9.17, 15) is 4.79 Å². The van der Waals surface area contributed by atoms with Gasteiger partial charge in [-0.1, -0.05) is 57.1 Å². The van der Waals surface area contributed by atoms with Gasteiger partial charge in [-0.25, -0.2) is 0 Å². The molecule has 0 spiro atoms. The quantitative estimate of drug-likeness (QED) is 0.663. The van der Waals surface area contributed by atoms with Crippen molar-refractivity contribution in [3.05, 3.63) is 35.5 Å². The number of ketones is 1. The fourth-order valence-corrected chi connectivity index (χ4v) is 2.44. The van der Waals surface area contributed by atoms with E-state index in [-0.39, 0.29) is 0 Å². The molecule has 2 aliphatic rings. The zero-order valence-corrected chi connectivity index (χ0v) is 13.0. The molecule has 2 rings (SSSR count). The molecule has 0 aromatic rings. The maximum atomic E-state index is 10.9. The first kappa shape index (κ1) is 15.9. The summed E-state index contributed by atoms with van der Waals surface area (Å²) in [5, 5.41) is 0. The SMILES string of the molecule is C=C1C=C(C(C)C)CC1.CC(C)C1=CC(=O)CCC1. The molecule has 0 aromatic heterocycles. The molecule has 0 unspecified atom stereocenters. The van der Waals surface area contributed by atoms with Crippen LogP contribution in [0.5, 0.6) is 0 Å². The van der Waals surface area contributed by atoms with Crippen LogP contribution in [0.3, 0.4) is 0 Å². The van der Waals surface area contributed by atoms with Gasteiger partial charge in [0.25, 0.3) is 0 Å². The second kappa shape index (κ2) is 7.47. The maximum absolute atomic E-state index is 10.9. The van der Waals surface area contributed by atoms with Gasteiger partial charge in [0.05, 0.1) is 0 Å². The molecule has 19 heavy (non-hydrogen) atoms. The molecule has 1 heteroatoms. The predicted molar refractivity (Wildman–Crippen MR) is 83.1 cm³/mol. The van der Waals surface area contributed by atoms with E-state index in [0.717, 1.165) is 25.2 Å². The Balaban J connectivity index is 0.000000191. The largest absolute Gasteiger partial charge is 0.295 e. The highest BCUT2D eigenvalue weighted by Gasteiger charge is 2.11. The molecule has 2 aliphatic carbocycles. The molecule has 106 valence electrons. The van der Waals surface area contributed by atoms with Gasteiger partial charge < -0.3 is 0 Å². The highest BCUT2D eigenvalue weighted by Crippen LogP contribution is 2.27. The van der Waals surface area contributed by atoms with Crippen molar-refractivity contribution in [3.63, 3.8) is 0 Å². The summed E-state index contributed by atoms with van der Waals surface area (Å²) < 4.78 is 0. The maximum Gasteiger partial charge on any atom is 0.155 e. The Morgan fingerprint density at radius 1 is 0.895 bits per heavy atom. The van der Waals surface area contributed by atoms with Crippen LogP contribution in [0.1, 0.15) is 59.8 Å². The van der Waals surface area contributed by atoms with Crippen molar-refractivity contribution >= 4 is 5.78 Å². The van der Waals surface area contributed by atoms with E-state index in [1.165, 1.54) is 24.0 Å². The fourth-order valence-electron chi connectivity index (χ4n) is 2.44. The summed E-state index contributed by atoms with van der Waals surface area (Å²) in [6.45, 7) is 12.7. The van der Waals surface area contributed by atoms with Crippen LogP contribution in [0, 0.1) is 11.8 Å². The minimum atomic E-state index is 0.315. The molecule has 0 fully saturated rings. The molecule has 0 saturated carbocycles. The average Bonchev–Trinajstić information content (AvgIpc) is 2.77. The first-order chi connectivity index (χ1) is 8.90. The monoisotopic (exact) mass is 260 g/mol. The molecule has 0 bridgehead atoms. The van der Waals surface area contributed by atoms with Crippen LogP contribution >= 0.6 is 0 Å². The lowest BCUT2D eigenvalue weighted by Gasteiger charge is -2.14. The molecule has 0 saturated heterocycles. The van der Waals surface area contributed by atoms with Gasteiger partial charge in [-0.05, 0) is 43.6 Å². The van der Waals surface area contributed by atoms with Crippen LogP contribution in [0.15, 0.2) is 35.5 Å². The average molecular weight is 260 g/mol. The summed E-state index contributed by atoms with van der Waals surface area (Å²) in [5.74, 6) is 1.60. The number of hydrogen-bond donors (Lipinski definition) is 0. The molecule has 0 aliphatic heterocycles. The summed E-state index contributed by atoms with van der Waals surface area (Å²) in [5.41, 5.74) is 4.20. The smallest absolute Gasteiger partial charge is 0.155 e. The molecule has 0 atom stereocenters. The van der Waals surface area contributed by atoms with Gasteiger partial charge >= 0.3 is 0 Å². The number of rotatable bonds is 2. The Hall–Kier alpha value is -1.11. The molecule has 0 amide bonds. The van der Waals surface area contributed by atoms with E-state index >= 15 is 0 Å². The van der Waals surface area contributed by atoms with Crippen LogP contribution in [0.25, 0.3) is 0 Å². The summed E-state index contributed by atoms with van der Waals surface area (Å²) in [7, 11) is 0. The van der Waals surface area contributed by atoms with Gasteiger partial charge in [-0.15, -0.1) is 0 Å². The minimum Gasteiger partial charge on any atom is -0.295 e. The topological polar surface area (TPSA) is 17.1 Å². The second-order valence-electron chi connectivity index (χ2n) is 6.23. The van der Waals surface area contributed by atoms with Gasteiger partial charge in [0, 0.05) is 6.42 Å². The zero-order chi connectivity index (χ0) is 14.4. The Bertz CT molecular complexity index is 394. The van der Waals surface area contributed by atoms with Gasteiger partial charge in [0.15, 0.2) is 5.78 Å². The van der Waals surface area contributed by atoms with Crippen molar-refractivity contribution in [1.29, 1.82) is 0 Å². The Morgan fingerprint density at radius 2 is 1.47 bits per heavy atom. The zero-order valence-electron chi connectivity index (χ0n) is 13.0. The lowest BCUT2D eigenvalue weighted by molar-refractivity contribution is -0.115. The van der Waals surface area contributed by atoms with Crippen LogP contribution < -0.4 is 0 Å². The number of hydrogen-bond acceptors (Lipinski definition) is 1. The third-order valence-corrected chi connectivity index (χ3v) is 3.84. The van der Waals surface area contributed by atoms with Crippen LogP contribution in [0.2, 0.25) is 0 Å². The van der Waals surface area contributed by atoms with E-state index in [2.05, 4.69) is 40.3 Å². The first-order valence-electron chi connectivity index (χ1n) is 7.51. The lowest BCUT2D eigenvalue weighted by atomic mass is 9.91. The summed E-state index contributed by atoms with van der Waals surface area (Å²) >= 11 is 0. The van der Waals surface area contributed by atoms with E-state index in [1.54, 1.807) is 5.57 Å². The second-order valence-corrected chi connectivity index (χ2v) is 6.23. The Labute approximate surface area is 118 Å². The number of allylic oxidation sites excluding steroid dienone is 5. The van der Waals surface area contributed by atoms with E-state index in [0.29, 0.717) is 11.7 Å². The van der Waals surface area contributed by atoms with Crippen molar-refractivity contribution in [2.45, 2.75) is 59.8 Å². The molecular weight excluding hydrogens is 232 g/mol. The van der Waals surface area contributed by atoms with E-state index in [1.807, 2.05) is 6.08 Å². The third-order valence-electron chi connectivity index (χ3n) is 3.84. The Kier molecular flexibility index (Phi) is 6.27. The molecule has 0 radical (unpaired) electrons. The molecule has 0 aromatic carbocycles. The van der Waals surface area contributed by atoms with Gasteiger partial charge in [-0.3, -0.25) is 4.79 Å². The summed E-state index contributed by atoms with van der Waals surface area (Å²) in [6.07, 6.45) is 9.45. The van der Waals surface area contributed by atoms with Crippen molar-refractivity contribution in [3.8, 4) is 0 Å². The Morgan fingerprint density at radius 3 is 1.79 bits per heavy atom. The van der Waals surface area contributed by atoms with E-state index in [4.69, 9.17) is 0 Å². The fraction of sp³-hybridized carbons (Fsp3) is 0.611. The van der Waals surface area contributed by atoms with Crippen molar-refractivity contribution in [2.75, 3.05) is 0 Å².